The molecular formula is C14H30KO3S. The van der Waals surface area contributed by atoms with E-state index in [0.29, 0.717) is 6.42 Å². The molecule has 0 saturated heterocycles. The van der Waals surface area contributed by atoms with Crippen LogP contribution in [0.1, 0.15) is 84.0 Å². The molecular weight excluding hydrogens is 287 g/mol. The predicted molar refractivity (Wildman–Crippen MR) is 83.2 cm³/mol. The van der Waals surface area contributed by atoms with E-state index in [9.17, 15) is 8.42 Å². The molecule has 0 aromatic rings. The Bertz CT molecular complexity index is 266. The fourth-order valence-electron chi connectivity index (χ4n) is 2.13. The van der Waals surface area contributed by atoms with Crippen molar-refractivity contribution in [3.05, 3.63) is 0 Å². The van der Waals surface area contributed by atoms with Crippen LogP contribution in [-0.2, 0) is 10.1 Å². The van der Waals surface area contributed by atoms with Crippen LogP contribution in [0.3, 0.4) is 0 Å². The van der Waals surface area contributed by atoms with Crippen LogP contribution < -0.4 is 0 Å². The first-order valence-corrected chi connectivity index (χ1v) is 9.12. The predicted octanol–water partition coefficient (Wildman–Crippen LogP) is 4.19. The topological polar surface area (TPSA) is 54.4 Å². The maximum atomic E-state index is 10.5. The minimum Gasteiger partial charge on any atom is -0.286 e. The van der Waals surface area contributed by atoms with Crippen LogP contribution in [0.2, 0.25) is 0 Å². The summed E-state index contributed by atoms with van der Waals surface area (Å²) >= 11 is 0. The molecule has 0 atom stereocenters. The van der Waals surface area contributed by atoms with Crippen molar-refractivity contribution in [2.75, 3.05) is 5.75 Å². The summed E-state index contributed by atoms with van der Waals surface area (Å²) in [5.41, 5.74) is 0. The van der Waals surface area contributed by atoms with E-state index in [0.717, 1.165) is 12.8 Å². The first-order chi connectivity index (χ1) is 8.56. The van der Waals surface area contributed by atoms with Crippen molar-refractivity contribution >= 4 is 61.5 Å². The Hall–Kier alpha value is 1.55. The molecule has 0 rings (SSSR count). The van der Waals surface area contributed by atoms with Gasteiger partial charge in [0.25, 0.3) is 10.1 Å². The molecule has 3 nitrogen and oxygen atoms in total. The average molecular weight is 318 g/mol. The van der Waals surface area contributed by atoms with E-state index in [1.54, 1.807) is 0 Å². The van der Waals surface area contributed by atoms with Gasteiger partial charge < -0.3 is 0 Å². The first-order valence-electron chi connectivity index (χ1n) is 7.51. The third-order valence-electron chi connectivity index (χ3n) is 3.26. The zero-order chi connectivity index (χ0) is 13.7. The van der Waals surface area contributed by atoms with Gasteiger partial charge in [0.2, 0.25) is 0 Å². The second kappa shape index (κ2) is 15.9. The maximum absolute atomic E-state index is 10.5. The Morgan fingerprint density at radius 2 is 1.00 bits per heavy atom. The molecule has 0 amide bonds. The fourth-order valence-corrected chi connectivity index (χ4v) is 2.69. The average Bonchev–Trinajstić information content (AvgIpc) is 2.29. The summed E-state index contributed by atoms with van der Waals surface area (Å²) < 4.78 is 29.5. The molecule has 0 aromatic heterocycles. The normalized spacial score (nSPS) is 11.3. The summed E-state index contributed by atoms with van der Waals surface area (Å²) in [4.78, 5) is 0. The van der Waals surface area contributed by atoms with Crippen LogP contribution in [0.25, 0.3) is 0 Å². The van der Waals surface area contributed by atoms with Crippen LogP contribution in [0.4, 0.5) is 0 Å². The van der Waals surface area contributed by atoms with Gasteiger partial charge in [-0.25, -0.2) is 0 Å². The Labute approximate surface area is 162 Å². The molecule has 0 aromatic carbocycles. The third kappa shape index (κ3) is 22.0. The van der Waals surface area contributed by atoms with Gasteiger partial charge in [0, 0.05) is 51.4 Å². The number of unbranched alkanes of at least 4 members (excludes halogenated alkanes) is 11. The van der Waals surface area contributed by atoms with Gasteiger partial charge in [-0.15, -0.1) is 0 Å². The molecule has 19 heavy (non-hydrogen) atoms. The van der Waals surface area contributed by atoms with Crippen molar-refractivity contribution in [2.24, 2.45) is 0 Å². The molecule has 0 aliphatic carbocycles. The second-order valence-corrected chi connectivity index (χ2v) is 6.75. The molecule has 0 aliphatic heterocycles. The van der Waals surface area contributed by atoms with Gasteiger partial charge in [-0.1, -0.05) is 77.6 Å². The summed E-state index contributed by atoms with van der Waals surface area (Å²) in [6.45, 7) is 2.24. The van der Waals surface area contributed by atoms with Crippen LogP contribution in [0, 0.1) is 0 Å². The Balaban J connectivity index is 0. The standard InChI is InChI=1S/C14H30O3S.K/c1-2-3-4-5-6-7-8-9-10-11-12-13-14-18(15,16)17;/h2-14H2,1H3,(H,15,16,17);. The van der Waals surface area contributed by atoms with Gasteiger partial charge in [-0.3, -0.25) is 4.55 Å². The van der Waals surface area contributed by atoms with E-state index < -0.39 is 10.1 Å². The summed E-state index contributed by atoms with van der Waals surface area (Å²) in [6.07, 6.45) is 14.5. The van der Waals surface area contributed by atoms with E-state index in [4.69, 9.17) is 4.55 Å². The van der Waals surface area contributed by atoms with Gasteiger partial charge >= 0.3 is 0 Å². The molecule has 1 N–H and O–H groups in total. The van der Waals surface area contributed by atoms with Crippen molar-refractivity contribution in [3.8, 4) is 0 Å². The summed E-state index contributed by atoms with van der Waals surface area (Å²) in [5.74, 6) is -0.0789. The van der Waals surface area contributed by atoms with Gasteiger partial charge in [-0.2, -0.15) is 8.42 Å². The monoisotopic (exact) mass is 317 g/mol. The second-order valence-electron chi connectivity index (χ2n) is 5.18. The third-order valence-corrected chi connectivity index (χ3v) is 4.06. The quantitative estimate of drug-likeness (QED) is 0.315. The van der Waals surface area contributed by atoms with Crippen LogP contribution >= 0.6 is 0 Å². The van der Waals surface area contributed by atoms with Crippen molar-refractivity contribution in [1.82, 2.24) is 0 Å². The molecule has 0 heterocycles. The Morgan fingerprint density at radius 3 is 1.32 bits per heavy atom. The van der Waals surface area contributed by atoms with Gasteiger partial charge in [0.05, 0.1) is 5.75 Å². The van der Waals surface area contributed by atoms with Crippen LogP contribution in [0.15, 0.2) is 0 Å². The van der Waals surface area contributed by atoms with Gasteiger partial charge in [0.1, 0.15) is 0 Å². The first kappa shape index (κ1) is 22.8. The van der Waals surface area contributed by atoms with Crippen molar-refractivity contribution in [2.45, 2.75) is 84.0 Å². The van der Waals surface area contributed by atoms with E-state index in [1.807, 2.05) is 0 Å². The molecule has 5 heteroatoms. The van der Waals surface area contributed by atoms with Crippen molar-refractivity contribution < 1.29 is 13.0 Å². The van der Waals surface area contributed by atoms with Crippen molar-refractivity contribution in [3.63, 3.8) is 0 Å². The fraction of sp³-hybridized carbons (Fsp3) is 1.00. The molecule has 111 valence electrons. The maximum Gasteiger partial charge on any atom is 0.264 e. The van der Waals surface area contributed by atoms with Crippen LogP contribution in [0.5, 0.6) is 0 Å². The zero-order valence-corrected chi connectivity index (χ0v) is 16.8. The molecule has 0 bridgehead atoms. The molecule has 1 radical (unpaired) electrons. The summed E-state index contributed by atoms with van der Waals surface area (Å²) in [7, 11) is -3.74. The molecule has 0 saturated carbocycles. The SMILES string of the molecule is CCCCCCCCCCCCCCS(=O)(=O)O.[K]. The van der Waals surface area contributed by atoms with Crippen LogP contribution in [-0.4, -0.2) is 70.1 Å². The van der Waals surface area contributed by atoms with E-state index in [2.05, 4.69) is 6.92 Å². The zero-order valence-electron chi connectivity index (χ0n) is 12.9. The van der Waals surface area contributed by atoms with Gasteiger partial charge in [-0.05, 0) is 6.42 Å². The minimum absolute atomic E-state index is 0. The summed E-state index contributed by atoms with van der Waals surface area (Å²) in [6, 6.07) is 0. The molecule has 0 spiro atoms. The molecule has 0 aliphatic rings. The van der Waals surface area contributed by atoms with E-state index >= 15 is 0 Å². The number of hydrogen-bond acceptors (Lipinski definition) is 2. The van der Waals surface area contributed by atoms with E-state index in [-0.39, 0.29) is 57.1 Å². The largest absolute Gasteiger partial charge is 0.286 e. The molecule has 0 unspecified atom stereocenters. The van der Waals surface area contributed by atoms with Gasteiger partial charge in [0.15, 0.2) is 0 Å². The Morgan fingerprint density at radius 1 is 0.684 bits per heavy atom. The van der Waals surface area contributed by atoms with E-state index in [1.165, 1.54) is 57.8 Å². The number of rotatable bonds is 13. The Kier molecular flexibility index (Phi) is 19.1. The number of hydrogen-bond donors (Lipinski definition) is 1. The smallest absolute Gasteiger partial charge is 0.264 e. The molecule has 0 fully saturated rings. The minimum atomic E-state index is -3.74. The van der Waals surface area contributed by atoms with Crippen molar-refractivity contribution in [1.29, 1.82) is 0 Å². The summed E-state index contributed by atoms with van der Waals surface area (Å²) in [5, 5.41) is 0.